The second-order valence-electron chi connectivity index (χ2n) is 2.97. The molecule has 0 saturated heterocycles. The topological polar surface area (TPSA) is 120 Å². The average Bonchev–Trinajstić information content (AvgIpc) is 2.28. The van der Waals surface area contributed by atoms with Gasteiger partial charge in [0.05, 0.1) is 12.2 Å². The summed E-state index contributed by atoms with van der Waals surface area (Å²) in [5, 5.41) is 0. The maximum Gasteiger partial charge on any atom is 0.404 e. The fourth-order valence-electron chi connectivity index (χ4n) is 1.10. The van der Waals surface area contributed by atoms with E-state index in [2.05, 4.69) is 9.72 Å². The van der Waals surface area contributed by atoms with E-state index >= 15 is 0 Å². The van der Waals surface area contributed by atoms with Crippen LogP contribution < -0.4 is 17.0 Å². The Labute approximate surface area is 91.7 Å². The Kier molecular flexibility index (Phi) is 4.22. The molecule has 1 rings (SSSR count). The van der Waals surface area contributed by atoms with Gasteiger partial charge in [-0.25, -0.2) is 10.6 Å². The van der Waals surface area contributed by atoms with E-state index in [1.165, 1.54) is 6.20 Å². The molecule has 0 unspecified atom stereocenters. The van der Waals surface area contributed by atoms with Crippen LogP contribution in [0.5, 0.6) is 0 Å². The fourth-order valence-corrected chi connectivity index (χ4v) is 1.10. The van der Waals surface area contributed by atoms with Crippen molar-refractivity contribution in [1.29, 1.82) is 0 Å². The molecule has 0 aliphatic rings. The van der Waals surface area contributed by atoms with Crippen molar-refractivity contribution in [3.8, 4) is 0 Å². The van der Waals surface area contributed by atoms with Crippen LogP contribution in [0.4, 0.5) is 4.79 Å². The van der Waals surface area contributed by atoms with E-state index in [1.807, 2.05) is 5.43 Å². The normalized spacial score (nSPS) is 9.56. The van der Waals surface area contributed by atoms with Gasteiger partial charge in [-0.1, -0.05) is 0 Å². The van der Waals surface area contributed by atoms with Crippen LogP contribution in [0.2, 0.25) is 0 Å². The van der Waals surface area contributed by atoms with Gasteiger partial charge in [-0.2, -0.15) is 0 Å². The van der Waals surface area contributed by atoms with Crippen molar-refractivity contribution < 1.29 is 14.3 Å². The summed E-state index contributed by atoms with van der Waals surface area (Å²) in [6.45, 7) is 0.144. The first-order chi connectivity index (χ1) is 7.63. The Morgan fingerprint density at radius 3 is 2.81 bits per heavy atom. The lowest BCUT2D eigenvalue weighted by atomic mass is 10.1. The van der Waals surface area contributed by atoms with E-state index in [-0.39, 0.29) is 6.61 Å². The van der Waals surface area contributed by atoms with E-state index in [4.69, 9.17) is 11.6 Å². The predicted octanol–water partition coefficient (Wildman–Crippen LogP) is -0.677. The van der Waals surface area contributed by atoms with Crippen LogP contribution in [0.3, 0.4) is 0 Å². The summed E-state index contributed by atoms with van der Waals surface area (Å²) in [4.78, 5) is 25.3. The van der Waals surface area contributed by atoms with Gasteiger partial charge in [0, 0.05) is 18.8 Å². The molecule has 0 fully saturated rings. The number of carbonyl (C=O) groups excluding carboxylic acids is 2. The molecular weight excluding hydrogens is 212 g/mol. The lowest BCUT2D eigenvalue weighted by Gasteiger charge is -2.03. The standard InChI is InChI=1S/C9H12N4O3/c10-9(15)16-2-1-6-3-7(5-12-4-6)8(14)13-11/h3-5H,1-2,11H2,(H2,10,15)(H,13,14). The van der Waals surface area contributed by atoms with Crippen molar-refractivity contribution in [2.75, 3.05) is 6.61 Å². The van der Waals surface area contributed by atoms with Crippen LogP contribution in [0, 0.1) is 0 Å². The van der Waals surface area contributed by atoms with E-state index in [9.17, 15) is 9.59 Å². The van der Waals surface area contributed by atoms with Gasteiger partial charge in [-0.3, -0.25) is 15.2 Å². The van der Waals surface area contributed by atoms with Crippen LogP contribution in [0.25, 0.3) is 0 Å². The van der Waals surface area contributed by atoms with Gasteiger partial charge in [-0.15, -0.1) is 0 Å². The number of hydrazine groups is 1. The first-order valence-electron chi connectivity index (χ1n) is 4.50. The lowest BCUT2D eigenvalue weighted by Crippen LogP contribution is -2.30. The summed E-state index contributed by atoms with van der Waals surface area (Å²) in [5.74, 6) is 4.56. The number of nitrogens with zero attached hydrogens (tertiary/aromatic N) is 1. The van der Waals surface area contributed by atoms with Gasteiger partial charge in [0.15, 0.2) is 0 Å². The van der Waals surface area contributed by atoms with Crippen LogP contribution in [-0.4, -0.2) is 23.6 Å². The predicted molar refractivity (Wildman–Crippen MR) is 55.1 cm³/mol. The van der Waals surface area contributed by atoms with E-state index in [0.29, 0.717) is 12.0 Å². The summed E-state index contributed by atoms with van der Waals surface area (Å²) >= 11 is 0. The van der Waals surface area contributed by atoms with Gasteiger partial charge in [-0.05, 0) is 11.6 Å². The zero-order valence-electron chi connectivity index (χ0n) is 8.47. The minimum atomic E-state index is -0.830. The zero-order valence-corrected chi connectivity index (χ0v) is 8.47. The van der Waals surface area contributed by atoms with Gasteiger partial charge in [0.1, 0.15) is 0 Å². The molecule has 0 bridgehead atoms. The molecule has 0 saturated carbocycles. The van der Waals surface area contributed by atoms with Crippen molar-refractivity contribution in [3.05, 3.63) is 29.6 Å². The molecule has 0 atom stereocenters. The third-order valence-corrected chi connectivity index (χ3v) is 1.82. The van der Waals surface area contributed by atoms with Gasteiger partial charge >= 0.3 is 6.09 Å². The number of aromatic nitrogens is 1. The van der Waals surface area contributed by atoms with Gasteiger partial charge < -0.3 is 10.5 Å². The number of primary amides is 1. The number of hydrogen-bond acceptors (Lipinski definition) is 5. The number of rotatable bonds is 4. The highest BCUT2D eigenvalue weighted by molar-refractivity contribution is 5.93. The van der Waals surface area contributed by atoms with Crippen LogP contribution in [-0.2, 0) is 11.2 Å². The SMILES string of the molecule is NNC(=O)c1cncc(CCOC(N)=O)c1. The molecule has 16 heavy (non-hydrogen) atoms. The number of hydrogen-bond donors (Lipinski definition) is 3. The molecule has 0 aliphatic carbocycles. The van der Waals surface area contributed by atoms with Crippen LogP contribution in [0.1, 0.15) is 15.9 Å². The number of pyridine rings is 1. The third kappa shape index (κ3) is 3.54. The number of amides is 2. The molecule has 0 spiro atoms. The maximum absolute atomic E-state index is 11.2. The highest BCUT2D eigenvalue weighted by Crippen LogP contribution is 2.03. The molecule has 0 aliphatic heterocycles. The Morgan fingerprint density at radius 2 is 2.19 bits per heavy atom. The molecule has 86 valence electrons. The molecular formula is C9H12N4O3. The third-order valence-electron chi connectivity index (χ3n) is 1.82. The molecule has 0 aromatic carbocycles. The number of nitrogen functional groups attached to an aromatic ring is 1. The highest BCUT2D eigenvalue weighted by atomic mass is 16.5. The molecule has 1 aromatic heterocycles. The first-order valence-corrected chi connectivity index (χ1v) is 4.50. The van der Waals surface area contributed by atoms with Crippen molar-refractivity contribution in [3.63, 3.8) is 0 Å². The van der Waals surface area contributed by atoms with Crippen molar-refractivity contribution >= 4 is 12.0 Å². The van der Waals surface area contributed by atoms with Gasteiger partial charge in [0.25, 0.3) is 5.91 Å². The van der Waals surface area contributed by atoms with Crippen LogP contribution >= 0.6 is 0 Å². The maximum atomic E-state index is 11.2. The molecule has 7 nitrogen and oxygen atoms in total. The Morgan fingerprint density at radius 1 is 1.44 bits per heavy atom. The number of nitrogens with two attached hydrogens (primary N) is 2. The number of carbonyl (C=O) groups is 2. The van der Waals surface area contributed by atoms with Crippen LogP contribution in [0.15, 0.2) is 18.5 Å². The first kappa shape index (κ1) is 11.9. The second-order valence-corrected chi connectivity index (χ2v) is 2.97. The minimum Gasteiger partial charge on any atom is -0.449 e. The molecule has 0 radical (unpaired) electrons. The molecule has 1 heterocycles. The number of nitrogens with one attached hydrogen (secondary N) is 1. The number of ether oxygens (including phenoxy) is 1. The summed E-state index contributed by atoms with van der Waals surface area (Å²) in [6.07, 6.45) is 2.56. The zero-order chi connectivity index (χ0) is 12.0. The highest BCUT2D eigenvalue weighted by Gasteiger charge is 2.05. The second kappa shape index (κ2) is 5.66. The smallest absolute Gasteiger partial charge is 0.404 e. The largest absolute Gasteiger partial charge is 0.449 e. The average molecular weight is 224 g/mol. The van der Waals surface area contributed by atoms with E-state index < -0.39 is 12.0 Å². The minimum absolute atomic E-state index is 0.144. The van der Waals surface area contributed by atoms with Crippen molar-refractivity contribution in [2.24, 2.45) is 11.6 Å². The Hall–Kier alpha value is -2.15. The van der Waals surface area contributed by atoms with E-state index in [0.717, 1.165) is 5.56 Å². The van der Waals surface area contributed by atoms with Crippen molar-refractivity contribution in [2.45, 2.75) is 6.42 Å². The fraction of sp³-hybridized carbons (Fsp3) is 0.222. The Bertz CT molecular complexity index is 394. The molecule has 1 aromatic rings. The summed E-state index contributed by atoms with van der Waals surface area (Å²) in [6, 6.07) is 1.61. The van der Waals surface area contributed by atoms with Crippen molar-refractivity contribution in [1.82, 2.24) is 10.4 Å². The summed E-state index contributed by atoms with van der Waals surface area (Å²) < 4.78 is 4.56. The molecule has 7 heteroatoms. The van der Waals surface area contributed by atoms with E-state index in [1.54, 1.807) is 12.3 Å². The monoisotopic (exact) mass is 224 g/mol. The quantitative estimate of drug-likeness (QED) is 0.355. The lowest BCUT2D eigenvalue weighted by molar-refractivity contribution is 0.0953. The summed E-state index contributed by atoms with van der Waals surface area (Å²) in [7, 11) is 0. The Balaban J connectivity index is 2.60. The molecule has 2 amide bonds. The molecule has 5 N–H and O–H groups in total. The van der Waals surface area contributed by atoms with Gasteiger partial charge in [0.2, 0.25) is 0 Å². The summed E-state index contributed by atoms with van der Waals surface area (Å²) in [5.41, 5.74) is 7.90.